The lowest BCUT2D eigenvalue weighted by Gasteiger charge is -2.10. The highest BCUT2D eigenvalue weighted by Crippen LogP contribution is 2.35. The van der Waals surface area contributed by atoms with Crippen LogP contribution in [0, 0.1) is 6.92 Å². The van der Waals surface area contributed by atoms with Crippen LogP contribution in [0.1, 0.15) is 26.4 Å². The number of methoxy groups -OCH3 is 2. The van der Waals surface area contributed by atoms with Gasteiger partial charge in [0.15, 0.2) is 17.2 Å². The molecule has 0 fully saturated rings. The van der Waals surface area contributed by atoms with Gasteiger partial charge in [0.2, 0.25) is 5.78 Å². The van der Waals surface area contributed by atoms with Crippen molar-refractivity contribution < 1.29 is 24.2 Å². The van der Waals surface area contributed by atoms with Gasteiger partial charge in [-0.05, 0) is 42.8 Å². The van der Waals surface area contributed by atoms with E-state index in [2.05, 4.69) is 10.3 Å². The molecular formula is C25H22N2O5S. The molecule has 4 rings (SSSR count). The number of rotatable bonds is 7. The van der Waals surface area contributed by atoms with Crippen LogP contribution in [0.25, 0.3) is 21.3 Å². The lowest BCUT2D eigenvalue weighted by molar-refractivity contribution is 0.0900. The molecule has 1 amide bonds. The zero-order chi connectivity index (χ0) is 23.5. The van der Waals surface area contributed by atoms with Gasteiger partial charge in [-0.3, -0.25) is 9.59 Å². The van der Waals surface area contributed by atoms with Crippen molar-refractivity contribution >= 4 is 33.1 Å². The Labute approximate surface area is 194 Å². The smallest absolute Gasteiger partial charge is 0.251 e. The SMILES string of the molecule is COc1ccc(C(=O)NCC(=O)c2nc(-c3csc4c(C)cccc34)ccc2O)cc1OC. The number of fused-ring (bicyclic) bond motifs is 1. The minimum absolute atomic E-state index is 0.0906. The van der Waals surface area contributed by atoms with Gasteiger partial charge in [0.1, 0.15) is 5.75 Å². The summed E-state index contributed by atoms with van der Waals surface area (Å²) in [5.74, 6) is -0.299. The van der Waals surface area contributed by atoms with Crippen molar-refractivity contribution in [1.29, 1.82) is 0 Å². The lowest BCUT2D eigenvalue weighted by Crippen LogP contribution is -2.30. The molecule has 0 spiro atoms. The average molecular weight is 463 g/mol. The fraction of sp³-hybridized carbons (Fsp3) is 0.160. The number of ether oxygens (including phenoxy) is 2. The Bertz CT molecular complexity index is 1360. The number of nitrogens with one attached hydrogen (secondary N) is 1. The number of hydrogen-bond donors (Lipinski definition) is 2. The van der Waals surface area contributed by atoms with Crippen LogP contribution in [0.2, 0.25) is 0 Å². The third-order valence-electron chi connectivity index (χ3n) is 5.27. The fourth-order valence-corrected chi connectivity index (χ4v) is 4.57. The van der Waals surface area contributed by atoms with Crippen molar-refractivity contribution in [3.63, 3.8) is 0 Å². The van der Waals surface area contributed by atoms with Crippen molar-refractivity contribution in [2.24, 2.45) is 0 Å². The van der Waals surface area contributed by atoms with E-state index in [4.69, 9.17) is 9.47 Å². The maximum absolute atomic E-state index is 12.8. The van der Waals surface area contributed by atoms with Gasteiger partial charge >= 0.3 is 0 Å². The lowest BCUT2D eigenvalue weighted by atomic mass is 10.1. The normalized spacial score (nSPS) is 10.8. The van der Waals surface area contributed by atoms with Crippen LogP contribution in [-0.4, -0.2) is 42.5 Å². The highest BCUT2D eigenvalue weighted by atomic mass is 32.1. The summed E-state index contributed by atoms with van der Waals surface area (Å²) in [5, 5.41) is 15.8. The molecule has 2 N–H and O–H groups in total. The molecule has 0 aliphatic carbocycles. The summed E-state index contributed by atoms with van der Waals surface area (Å²) in [6, 6.07) is 13.9. The number of ketones is 1. The van der Waals surface area contributed by atoms with Crippen LogP contribution in [0.15, 0.2) is 53.9 Å². The van der Waals surface area contributed by atoms with Crippen LogP contribution in [0.4, 0.5) is 0 Å². The van der Waals surface area contributed by atoms with Gasteiger partial charge in [-0.1, -0.05) is 18.2 Å². The van der Waals surface area contributed by atoms with Crippen molar-refractivity contribution in [3.8, 4) is 28.5 Å². The summed E-state index contributed by atoms with van der Waals surface area (Å²) >= 11 is 1.61. The largest absolute Gasteiger partial charge is 0.506 e. The number of benzene rings is 2. The molecule has 0 aliphatic heterocycles. The summed E-state index contributed by atoms with van der Waals surface area (Å²) in [6.45, 7) is 1.73. The molecule has 0 saturated carbocycles. The first-order valence-electron chi connectivity index (χ1n) is 10.1. The minimum atomic E-state index is -0.501. The van der Waals surface area contributed by atoms with Gasteiger partial charge in [-0.2, -0.15) is 0 Å². The second-order valence-corrected chi connectivity index (χ2v) is 8.22. The van der Waals surface area contributed by atoms with Crippen molar-refractivity contribution in [3.05, 3.63) is 70.7 Å². The Hall–Kier alpha value is -3.91. The predicted molar refractivity (Wildman–Crippen MR) is 128 cm³/mol. The number of aromatic nitrogens is 1. The second kappa shape index (κ2) is 9.30. The fourth-order valence-electron chi connectivity index (χ4n) is 3.53. The van der Waals surface area contributed by atoms with E-state index < -0.39 is 11.7 Å². The molecule has 2 aromatic heterocycles. The molecule has 0 atom stereocenters. The second-order valence-electron chi connectivity index (χ2n) is 7.34. The van der Waals surface area contributed by atoms with Gasteiger partial charge < -0.3 is 19.9 Å². The summed E-state index contributed by atoms with van der Waals surface area (Å²) < 4.78 is 11.5. The number of Topliss-reactive ketones (excluding diaryl/α,β-unsaturated/α-hetero) is 1. The molecule has 33 heavy (non-hydrogen) atoms. The van der Waals surface area contributed by atoms with Crippen LogP contribution >= 0.6 is 11.3 Å². The van der Waals surface area contributed by atoms with Gasteiger partial charge in [-0.25, -0.2) is 4.98 Å². The molecule has 168 valence electrons. The topological polar surface area (TPSA) is 97.8 Å². The highest BCUT2D eigenvalue weighted by molar-refractivity contribution is 7.18. The Morgan fingerprint density at radius 1 is 1.06 bits per heavy atom. The summed E-state index contributed by atoms with van der Waals surface area (Å²) in [5.41, 5.74) is 2.86. The summed E-state index contributed by atoms with van der Waals surface area (Å²) in [7, 11) is 2.98. The molecule has 4 aromatic rings. The Morgan fingerprint density at radius 2 is 1.85 bits per heavy atom. The molecule has 2 aromatic carbocycles. The number of carbonyl (C=O) groups is 2. The maximum atomic E-state index is 12.8. The predicted octanol–water partition coefficient (Wildman–Crippen LogP) is 4.61. The third kappa shape index (κ3) is 4.38. The number of nitrogens with zero attached hydrogens (tertiary/aromatic N) is 1. The molecule has 0 unspecified atom stereocenters. The van der Waals surface area contributed by atoms with Crippen molar-refractivity contribution in [2.45, 2.75) is 6.92 Å². The zero-order valence-corrected chi connectivity index (χ0v) is 19.2. The molecule has 7 nitrogen and oxygen atoms in total. The number of aromatic hydroxyl groups is 1. The first-order chi connectivity index (χ1) is 15.9. The number of pyridine rings is 1. The van der Waals surface area contributed by atoms with Crippen LogP contribution < -0.4 is 14.8 Å². The minimum Gasteiger partial charge on any atom is -0.506 e. The molecule has 0 aliphatic rings. The van der Waals surface area contributed by atoms with Gasteiger partial charge in [0.25, 0.3) is 5.91 Å². The maximum Gasteiger partial charge on any atom is 0.251 e. The Balaban J connectivity index is 1.54. The number of aryl methyl sites for hydroxylation is 1. The number of amides is 1. The van der Waals surface area contributed by atoms with Crippen LogP contribution in [0.5, 0.6) is 17.2 Å². The Kier molecular flexibility index (Phi) is 6.28. The average Bonchev–Trinajstić information content (AvgIpc) is 3.27. The summed E-state index contributed by atoms with van der Waals surface area (Å²) in [6.07, 6.45) is 0. The summed E-state index contributed by atoms with van der Waals surface area (Å²) in [4.78, 5) is 29.7. The molecule has 2 heterocycles. The van der Waals surface area contributed by atoms with E-state index in [1.807, 2.05) is 30.5 Å². The molecule has 0 bridgehead atoms. The molecule has 0 radical (unpaired) electrons. The highest BCUT2D eigenvalue weighted by Gasteiger charge is 2.18. The number of thiophene rings is 1. The van der Waals surface area contributed by atoms with E-state index in [0.29, 0.717) is 22.8 Å². The van der Waals surface area contributed by atoms with E-state index in [1.54, 1.807) is 29.5 Å². The van der Waals surface area contributed by atoms with E-state index >= 15 is 0 Å². The van der Waals surface area contributed by atoms with Crippen LogP contribution in [-0.2, 0) is 0 Å². The van der Waals surface area contributed by atoms with E-state index in [0.717, 1.165) is 21.2 Å². The monoisotopic (exact) mass is 462 g/mol. The molecular weight excluding hydrogens is 440 g/mol. The van der Waals surface area contributed by atoms with Gasteiger partial charge in [-0.15, -0.1) is 11.3 Å². The quantitative estimate of drug-likeness (QED) is 0.389. The Morgan fingerprint density at radius 3 is 2.61 bits per heavy atom. The number of hydrogen-bond acceptors (Lipinski definition) is 7. The molecule has 0 saturated heterocycles. The van der Waals surface area contributed by atoms with Crippen LogP contribution in [0.3, 0.4) is 0 Å². The van der Waals surface area contributed by atoms with E-state index in [1.165, 1.54) is 26.4 Å². The zero-order valence-electron chi connectivity index (χ0n) is 18.3. The third-order valence-corrected chi connectivity index (χ3v) is 6.40. The van der Waals surface area contributed by atoms with Gasteiger partial charge in [0.05, 0.1) is 26.5 Å². The van der Waals surface area contributed by atoms with Crippen molar-refractivity contribution in [1.82, 2.24) is 10.3 Å². The van der Waals surface area contributed by atoms with Crippen molar-refractivity contribution in [2.75, 3.05) is 20.8 Å². The van der Waals surface area contributed by atoms with Gasteiger partial charge in [0, 0.05) is 26.6 Å². The van der Waals surface area contributed by atoms with E-state index in [9.17, 15) is 14.7 Å². The molecule has 8 heteroatoms. The first-order valence-corrected chi connectivity index (χ1v) is 11.0. The first kappa shape index (κ1) is 22.3. The van der Waals surface area contributed by atoms with E-state index in [-0.39, 0.29) is 18.0 Å². The number of carbonyl (C=O) groups excluding carboxylic acids is 2. The standard InChI is InChI=1S/C25H22N2O5S/c1-14-5-4-6-16-17(13-33-24(14)16)18-8-9-19(28)23(27-18)20(29)12-26-25(30)15-7-10-21(31-2)22(11-15)32-3/h4-11,13,28H,12H2,1-3H3,(H,26,30).